The van der Waals surface area contributed by atoms with E-state index in [1.54, 1.807) is 0 Å². The van der Waals surface area contributed by atoms with Crippen molar-refractivity contribution >= 4 is 15.7 Å². The number of nitrogens with two attached hydrogens (primary N) is 1. The van der Waals surface area contributed by atoms with Crippen LogP contribution < -0.4 is 15.2 Å². The summed E-state index contributed by atoms with van der Waals surface area (Å²) in [5.41, 5.74) is 7.60. The largest absolute Gasteiger partial charge is 0.474 e. The SMILES string of the molecule is NCC1(c2ccc3c(c2)NS(=O)(=O)CO3)CCCC1. The summed E-state index contributed by atoms with van der Waals surface area (Å²) < 4.78 is 30.9. The summed E-state index contributed by atoms with van der Waals surface area (Å²) in [6.07, 6.45) is 4.48. The van der Waals surface area contributed by atoms with E-state index in [1.807, 2.05) is 18.2 Å². The van der Waals surface area contributed by atoms with Crippen LogP contribution in [-0.4, -0.2) is 20.9 Å². The van der Waals surface area contributed by atoms with Gasteiger partial charge in [0.25, 0.3) is 10.0 Å². The van der Waals surface area contributed by atoms with Crippen molar-refractivity contribution in [1.29, 1.82) is 0 Å². The van der Waals surface area contributed by atoms with E-state index in [4.69, 9.17) is 10.5 Å². The van der Waals surface area contributed by atoms with E-state index >= 15 is 0 Å². The zero-order valence-electron chi connectivity index (χ0n) is 10.7. The molecule has 6 heteroatoms. The van der Waals surface area contributed by atoms with Gasteiger partial charge >= 0.3 is 0 Å². The summed E-state index contributed by atoms with van der Waals surface area (Å²) in [6.45, 7) is 0.597. The van der Waals surface area contributed by atoms with E-state index in [2.05, 4.69) is 4.72 Å². The number of sulfonamides is 1. The fourth-order valence-electron chi connectivity index (χ4n) is 3.07. The summed E-state index contributed by atoms with van der Waals surface area (Å²) in [5.74, 6) is 0.269. The lowest BCUT2D eigenvalue weighted by molar-refractivity contribution is 0.373. The molecule has 2 aliphatic rings. The lowest BCUT2D eigenvalue weighted by atomic mass is 9.79. The van der Waals surface area contributed by atoms with Gasteiger partial charge in [0, 0.05) is 12.0 Å². The summed E-state index contributed by atoms with van der Waals surface area (Å²) in [7, 11) is -3.37. The van der Waals surface area contributed by atoms with Crippen LogP contribution in [0.25, 0.3) is 0 Å². The van der Waals surface area contributed by atoms with Crippen LogP contribution in [0.4, 0.5) is 5.69 Å². The van der Waals surface area contributed by atoms with Crippen LogP contribution in [0.3, 0.4) is 0 Å². The molecule has 0 unspecified atom stereocenters. The molecule has 1 aliphatic heterocycles. The van der Waals surface area contributed by atoms with Gasteiger partial charge in [0.15, 0.2) is 0 Å². The van der Waals surface area contributed by atoms with E-state index in [1.165, 1.54) is 12.8 Å². The molecule has 1 aromatic rings. The fourth-order valence-corrected chi connectivity index (χ4v) is 3.90. The van der Waals surface area contributed by atoms with Crippen molar-refractivity contribution in [3.8, 4) is 5.75 Å². The van der Waals surface area contributed by atoms with E-state index in [0.29, 0.717) is 18.0 Å². The lowest BCUT2D eigenvalue weighted by Gasteiger charge is -2.29. The highest BCUT2D eigenvalue weighted by Crippen LogP contribution is 2.43. The molecule has 1 fully saturated rings. The number of hydrogen-bond donors (Lipinski definition) is 2. The highest BCUT2D eigenvalue weighted by atomic mass is 32.2. The first-order valence-electron chi connectivity index (χ1n) is 6.53. The lowest BCUT2D eigenvalue weighted by Crippen LogP contribution is -2.32. The summed E-state index contributed by atoms with van der Waals surface area (Å²) in [5, 5.41) is 0. The molecule has 0 radical (unpaired) electrons. The predicted octanol–water partition coefficient (Wildman–Crippen LogP) is 1.55. The van der Waals surface area contributed by atoms with Crippen LogP contribution in [-0.2, 0) is 15.4 Å². The van der Waals surface area contributed by atoms with Gasteiger partial charge in [-0.05, 0) is 30.5 Å². The van der Waals surface area contributed by atoms with Crippen molar-refractivity contribution in [2.24, 2.45) is 5.73 Å². The van der Waals surface area contributed by atoms with E-state index < -0.39 is 10.0 Å². The molecule has 1 heterocycles. The van der Waals surface area contributed by atoms with Gasteiger partial charge in [-0.2, -0.15) is 0 Å². The molecular formula is C13H18N2O3S. The summed E-state index contributed by atoms with van der Waals surface area (Å²) in [6, 6.07) is 5.73. The van der Waals surface area contributed by atoms with E-state index in [-0.39, 0.29) is 11.4 Å². The van der Waals surface area contributed by atoms with Crippen LogP contribution in [0.2, 0.25) is 0 Å². The number of benzene rings is 1. The van der Waals surface area contributed by atoms with Crippen LogP contribution >= 0.6 is 0 Å². The number of ether oxygens (including phenoxy) is 1. The number of hydrogen-bond acceptors (Lipinski definition) is 4. The number of anilines is 1. The molecule has 0 atom stereocenters. The van der Waals surface area contributed by atoms with E-state index in [9.17, 15) is 8.42 Å². The first-order valence-corrected chi connectivity index (χ1v) is 8.18. The molecule has 1 saturated carbocycles. The Labute approximate surface area is 113 Å². The Balaban J connectivity index is 2.01. The van der Waals surface area contributed by atoms with Crippen molar-refractivity contribution in [1.82, 2.24) is 0 Å². The monoisotopic (exact) mass is 282 g/mol. The topological polar surface area (TPSA) is 81.4 Å². The maximum Gasteiger partial charge on any atom is 0.268 e. The molecule has 19 heavy (non-hydrogen) atoms. The second-order valence-corrected chi connectivity index (χ2v) is 7.05. The first-order chi connectivity index (χ1) is 9.05. The number of nitrogens with one attached hydrogen (secondary N) is 1. The molecule has 0 amide bonds. The van der Waals surface area contributed by atoms with Gasteiger partial charge in [0.2, 0.25) is 5.94 Å². The minimum Gasteiger partial charge on any atom is -0.474 e. The van der Waals surface area contributed by atoms with Crippen LogP contribution in [0, 0.1) is 0 Å². The van der Waals surface area contributed by atoms with Crippen molar-refractivity contribution in [3.63, 3.8) is 0 Å². The third-order valence-electron chi connectivity index (χ3n) is 4.18. The van der Waals surface area contributed by atoms with Gasteiger partial charge < -0.3 is 10.5 Å². The van der Waals surface area contributed by atoms with Crippen LogP contribution in [0.1, 0.15) is 31.2 Å². The molecule has 0 aromatic heterocycles. The predicted molar refractivity (Wildman–Crippen MR) is 73.7 cm³/mol. The maximum absolute atomic E-state index is 11.5. The zero-order valence-corrected chi connectivity index (χ0v) is 11.5. The number of rotatable bonds is 2. The Kier molecular flexibility index (Phi) is 2.94. The second-order valence-electron chi connectivity index (χ2n) is 5.38. The minimum absolute atomic E-state index is 0.00206. The normalized spacial score (nSPS) is 23.2. The van der Waals surface area contributed by atoms with Gasteiger partial charge in [-0.3, -0.25) is 4.72 Å². The standard InChI is InChI=1S/C13H18N2O3S/c14-8-13(5-1-2-6-13)10-3-4-12-11(7-10)15-19(16,17)9-18-12/h3-4,7,15H,1-2,5-6,8-9,14H2. The molecule has 1 aliphatic carbocycles. The Morgan fingerprint density at radius 3 is 2.74 bits per heavy atom. The highest BCUT2D eigenvalue weighted by Gasteiger charge is 2.35. The molecule has 104 valence electrons. The molecular weight excluding hydrogens is 264 g/mol. The van der Waals surface area contributed by atoms with Crippen LogP contribution in [0.15, 0.2) is 18.2 Å². The molecule has 0 saturated heterocycles. The van der Waals surface area contributed by atoms with Gasteiger partial charge in [0.05, 0.1) is 5.69 Å². The Hall–Kier alpha value is -1.27. The van der Waals surface area contributed by atoms with Crippen molar-refractivity contribution < 1.29 is 13.2 Å². The van der Waals surface area contributed by atoms with Gasteiger partial charge in [-0.25, -0.2) is 8.42 Å². The van der Waals surface area contributed by atoms with Crippen LogP contribution in [0.5, 0.6) is 5.75 Å². The average molecular weight is 282 g/mol. The molecule has 3 N–H and O–H groups in total. The Morgan fingerprint density at radius 2 is 2.05 bits per heavy atom. The average Bonchev–Trinajstić information content (AvgIpc) is 2.87. The molecule has 5 nitrogen and oxygen atoms in total. The zero-order chi connectivity index (χ0) is 13.5. The van der Waals surface area contributed by atoms with Gasteiger partial charge in [-0.15, -0.1) is 0 Å². The smallest absolute Gasteiger partial charge is 0.268 e. The fraction of sp³-hybridized carbons (Fsp3) is 0.538. The van der Waals surface area contributed by atoms with Gasteiger partial charge in [0.1, 0.15) is 5.75 Å². The summed E-state index contributed by atoms with van der Waals surface area (Å²) in [4.78, 5) is 0. The van der Waals surface area contributed by atoms with Crippen molar-refractivity contribution in [2.45, 2.75) is 31.1 Å². The molecule has 0 bridgehead atoms. The Morgan fingerprint density at radius 1 is 1.32 bits per heavy atom. The highest BCUT2D eigenvalue weighted by molar-refractivity contribution is 7.92. The molecule has 1 aromatic carbocycles. The third kappa shape index (κ3) is 2.19. The summed E-state index contributed by atoms with van der Waals surface area (Å²) >= 11 is 0. The maximum atomic E-state index is 11.5. The quantitative estimate of drug-likeness (QED) is 0.862. The number of fused-ring (bicyclic) bond motifs is 1. The molecule has 0 spiro atoms. The van der Waals surface area contributed by atoms with Gasteiger partial charge in [-0.1, -0.05) is 18.9 Å². The molecule has 3 rings (SSSR count). The third-order valence-corrected chi connectivity index (χ3v) is 5.14. The Bertz CT molecular complexity index is 592. The first kappa shape index (κ1) is 12.7. The van der Waals surface area contributed by atoms with Crippen molar-refractivity contribution in [3.05, 3.63) is 23.8 Å². The second kappa shape index (κ2) is 4.38. The minimum atomic E-state index is -3.37. The van der Waals surface area contributed by atoms with Crippen molar-refractivity contribution in [2.75, 3.05) is 17.2 Å². The van der Waals surface area contributed by atoms with E-state index in [0.717, 1.165) is 18.4 Å².